The predicted molar refractivity (Wildman–Crippen MR) is 76.8 cm³/mol. The summed E-state index contributed by atoms with van der Waals surface area (Å²) in [7, 11) is 0. The van der Waals surface area contributed by atoms with Gasteiger partial charge in [0.1, 0.15) is 0 Å². The average Bonchev–Trinajstić information content (AvgIpc) is 2.44. The number of hydrogen-bond donors (Lipinski definition) is 2. The summed E-state index contributed by atoms with van der Waals surface area (Å²) < 4.78 is 0.910. The van der Waals surface area contributed by atoms with Crippen LogP contribution in [-0.2, 0) is 0 Å². The molecule has 1 heterocycles. The van der Waals surface area contributed by atoms with Gasteiger partial charge in [0.05, 0.1) is 22.6 Å². The van der Waals surface area contributed by atoms with Crippen LogP contribution in [0.25, 0.3) is 0 Å². The van der Waals surface area contributed by atoms with Gasteiger partial charge in [0.2, 0.25) is 0 Å². The highest BCUT2D eigenvalue weighted by atomic mass is 79.9. The van der Waals surface area contributed by atoms with Crippen LogP contribution in [0, 0.1) is 0 Å². The van der Waals surface area contributed by atoms with Gasteiger partial charge in [-0.3, -0.25) is 4.79 Å². The molecule has 0 saturated carbocycles. The highest BCUT2D eigenvalue weighted by Crippen LogP contribution is 2.34. The van der Waals surface area contributed by atoms with Gasteiger partial charge in [0, 0.05) is 9.50 Å². The molecular weight excluding hydrogens is 316 g/mol. The van der Waals surface area contributed by atoms with E-state index >= 15 is 0 Å². The number of anilines is 3. The zero-order chi connectivity index (χ0) is 12.7. The standard InChI is InChI=1S/C13H8BrClN2O/c14-7-1-4-10-12(5-7)17-13(18)9-3-2-8(15)6-11(9)16-10/h1-6,16H,(H,17,18). The topological polar surface area (TPSA) is 41.1 Å². The number of fused-ring (bicyclic) bond motifs is 2. The first-order valence-electron chi connectivity index (χ1n) is 5.31. The summed E-state index contributed by atoms with van der Waals surface area (Å²) in [4.78, 5) is 12.1. The molecule has 1 aliphatic rings. The summed E-state index contributed by atoms with van der Waals surface area (Å²) >= 11 is 9.33. The van der Waals surface area contributed by atoms with Crippen molar-refractivity contribution in [3.8, 4) is 0 Å². The molecule has 1 amide bonds. The second kappa shape index (κ2) is 4.30. The van der Waals surface area contributed by atoms with Crippen LogP contribution in [0.5, 0.6) is 0 Å². The normalized spacial score (nSPS) is 12.9. The smallest absolute Gasteiger partial charge is 0.257 e. The SMILES string of the molecule is O=C1Nc2cc(Br)ccc2Nc2cc(Cl)ccc21. The van der Waals surface area contributed by atoms with Crippen LogP contribution in [0.4, 0.5) is 17.1 Å². The second-order valence-corrected chi connectivity index (χ2v) is 5.31. The molecule has 0 radical (unpaired) electrons. The van der Waals surface area contributed by atoms with Crippen molar-refractivity contribution in [3.63, 3.8) is 0 Å². The van der Waals surface area contributed by atoms with E-state index in [9.17, 15) is 4.79 Å². The lowest BCUT2D eigenvalue weighted by atomic mass is 10.1. The Kier molecular flexibility index (Phi) is 2.76. The molecule has 0 aromatic heterocycles. The van der Waals surface area contributed by atoms with E-state index in [4.69, 9.17) is 11.6 Å². The van der Waals surface area contributed by atoms with E-state index < -0.39 is 0 Å². The van der Waals surface area contributed by atoms with Gasteiger partial charge in [-0.1, -0.05) is 27.5 Å². The quantitative estimate of drug-likeness (QED) is 0.754. The molecule has 0 saturated heterocycles. The summed E-state index contributed by atoms with van der Waals surface area (Å²) in [5, 5.41) is 6.67. The fourth-order valence-corrected chi connectivity index (χ4v) is 2.41. The maximum Gasteiger partial charge on any atom is 0.257 e. The third-order valence-corrected chi connectivity index (χ3v) is 3.45. The van der Waals surface area contributed by atoms with Gasteiger partial charge in [-0.15, -0.1) is 0 Å². The second-order valence-electron chi connectivity index (χ2n) is 3.96. The minimum absolute atomic E-state index is 0.147. The molecule has 1 aliphatic heterocycles. The van der Waals surface area contributed by atoms with Crippen LogP contribution in [0.2, 0.25) is 5.02 Å². The largest absolute Gasteiger partial charge is 0.353 e. The van der Waals surface area contributed by atoms with Crippen molar-refractivity contribution in [2.45, 2.75) is 0 Å². The Hall–Kier alpha value is -1.52. The third-order valence-electron chi connectivity index (χ3n) is 2.73. The monoisotopic (exact) mass is 322 g/mol. The minimum Gasteiger partial charge on any atom is -0.353 e. The molecule has 3 rings (SSSR count). The fourth-order valence-electron chi connectivity index (χ4n) is 1.88. The van der Waals surface area contributed by atoms with E-state index in [0.29, 0.717) is 16.3 Å². The lowest BCUT2D eigenvalue weighted by Crippen LogP contribution is -2.10. The number of carbonyl (C=O) groups excluding carboxylic acids is 1. The van der Waals surface area contributed by atoms with Gasteiger partial charge >= 0.3 is 0 Å². The highest BCUT2D eigenvalue weighted by molar-refractivity contribution is 9.10. The Bertz CT molecular complexity index is 657. The summed E-state index contributed by atoms with van der Waals surface area (Å²) in [6.07, 6.45) is 0. The lowest BCUT2D eigenvalue weighted by Gasteiger charge is -2.08. The first-order chi connectivity index (χ1) is 8.63. The Morgan fingerprint density at radius 1 is 0.944 bits per heavy atom. The van der Waals surface area contributed by atoms with Crippen molar-refractivity contribution in [3.05, 3.63) is 51.5 Å². The number of benzene rings is 2. The van der Waals surface area contributed by atoms with Crippen LogP contribution in [-0.4, -0.2) is 5.91 Å². The first kappa shape index (κ1) is 11.6. The van der Waals surface area contributed by atoms with Crippen molar-refractivity contribution >= 4 is 50.5 Å². The molecule has 90 valence electrons. The molecule has 18 heavy (non-hydrogen) atoms. The lowest BCUT2D eigenvalue weighted by molar-refractivity contribution is 0.102. The molecule has 0 fully saturated rings. The van der Waals surface area contributed by atoms with Gasteiger partial charge in [-0.25, -0.2) is 0 Å². The third kappa shape index (κ3) is 1.98. The van der Waals surface area contributed by atoms with Crippen LogP contribution in [0.1, 0.15) is 10.4 Å². The first-order valence-corrected chi connectivity index (χ1v) is 6.48. The predicted octanol–water partition coefficient (Wildman–Crippen LogP) is 4.41. The molecule has 0 atom stereocenters. The maximum absolute atomic E-state index is 12.1. The van der Waals surface area contributed by atoms with E-state index in [-0.39, 0.29) is 5.91 Å². The van der Waals surface area contributed by atoms with E-state index in [1.165, 1.54) is 0 Å². The summed E-state index contributed by atoms with van der Waals surface area (Å²) in [5.74, 6) is -0.147. The van der Waals surface area contributed by atoms with Gasteiger partial charge in [0.15, 0.2) is 0 Å². The van der Waals surface area contributed by atoms with Crippen molar-refractivity contribution < 1.29 is 4.79 Å². The number of rotatable bonds is 0. The van der Waals surface area contributed by atoms with Gasteiger partial charge in [0.25, 0.3) is 5.91 Å². The Morgan fingerprint density at radius 3 is 2.61 bits per heavy atom. The molecule has 2 aromatic carbocycles. The van der Waals surface area contributed by atoms with E-state index in [1.54, 1.807) is 18.2 Å². The van der Waals surface area contributed by atoms with Crippen molar-refractivity contribution in [2.24, 2.45) is 0 Å². The van der Waals surface area contributed by atoms with Crippen LogP contribution in [0.3, 0.4) is 0 Å². The average molecular weight is 324 g/mol. The number of carbonyl (C=O) groups is 1. The van der Waals surface area contributed by atoms with E-state index in [0.717, 1.165) is 15.8 Å². The van der Waals surface area contributed by atoms with Gasteiger partial charge in [-0.2, -0.15) is 0 Å². The number of halogens is 2. The minimum atomic E-state index is -0.147. The molecule has 2 N–H and O–H groups in total. The summed E-state index contributed by atoms with van der Waals surface area (Å²) in [5.41, 5.74) is 2.86. The number of hydrogen-bond acceptors (Lipinski definition) is 2. The highest BCUT2D eigenvalue weighted by Gasteiger charge is 2.18. The molecule has 0 aliphatic carbocycles. The zero-order valence-corrected chi connectivity index (χ0v) is 11.5. The van der Waals surface area contributed by atoms with Gasteiger partial charge in [-0.05, 0) is 36.4 Å². The molecule has 0 bridgehead atoms. The molecule has 0 unspecified atom stereocenters. The Morgan fingerprint density at radius 2 is 1.78 bits per heavy atom. The van der Waals surface area contributed by atoms with Crippen molar-refractivity contribution in [1.82, 2.24) is 0 Å². The van der Waals surface area contributed by atoms with Crippen molar-refractivity contribution in [1.29, 1.82) is 0 Å². The fraction of sp³-hybridized carbons (Fsp3) is 0. The molecule has 3 nitrogen and oxygen atoms in total. The van der Waals surface area contributed by atoms with Crippen LogP contribution < -0.4 is 10.6 Å². The number of amides is 1. The Labute approximate surface area is 117 Å². The zero-order valence-electron chi connectivity index (χ0n) is 9.13. The molecule has 2 aromatic rings. The Balaban J connectivity index is 2.17. The molecule has 5 heteroatoms. The molecular formula is C13H8BrClN2O. The van der Waals surface area contributed by atoms with E-state index in [2.05, 4.69) is 26.6 Å². The van der Waals surface area contributed by atoms with Crippen LogP contribution >= 0.6 is 27.5 Å². The molecule has 0 spiro atoms. The van der Waals surface area contributed by atoms with Crippen LogP contribution in [0.15, 0.2) is 40.9 Å². The van der Waals surface area contributed by atoms with Crippen molar-refractivity contribution in [2.75, 3.05) is 10.6 Å². The summed E-state index contributed by atoms with van der Waals surface area (Å²) in [6.45, 7) is 0. The number of nitrogens with one attached hydrogen (secondary N) is 2. The van der Waals surface area contributed by atoms with E-state index in [1.807, 2.05) is 18.2 Å². The summed E-state index contributed by atoms with van der Waals surface area (Å²) in [6, 6.07) is 10.8. The maximum atomic E-state index is 12.1. The van der Waals surface area contributed by atoms with Gasteiger partial charge < -0.3 is 10.6 Å².